The maximum Gasteiger partial charge on any atom is 0.537 e. The molecular weight excluding hydrogens is 422 g/mol. The van der Waals surface area contributed by atoms with E-state index in [1.807, 2.05) is 45.0 Å². The summed E-state index contributed by atoms with van der Waals surface area (Å²) in [5, 5.41) is 18.5. The lowest BCUT2D eigenvalue weighted by Crippen LogP contribution is -2.59. The van der Waals surface area contributed by atoms with E-state index in [1.165, 1.54) is 0 Å². The molecule has 32 heavy (non-hydrogen) atoms. The lowest BCUT2D eigenvalue weighted by Gasteiger charge is -2.29. The molecule has 0 fully saturated rings. The van der Waals surface area contributed by atoms with Crippen LogP contribution in [-0.4, -0.2) is 41.1 Å². The third-order valence-corrected chi connectivity index (χ3v) is 8.64. The summed E-state index contributed by atoms with van der Waals surface area (Å²) in [5.74, 6) is -0.387. The molecule has 0 saturated heterocycles. The quantitative estimate of drug-likeness (QED) is 0.504. The standard InChI is InChI=1S/C24H27N3O4Si/c1-5-12-26-18-13-19(32(29-6-2,30-7-3)31-8-4)22-20-15(18)10-9-11-16(20)23-21(22)17(14-25)24(28)27-23/h9-11,13H,5-8,12H2,1-4H3,(H,27,28). The van der Waals surface area contributed by atoms with E-state index in [0.29, 0.717) is 37.3 Å². The van der Waals surface area contributed by atoms with Gasteiger partial charge in [0.15, 0.2) is 0 Å². The van der Waals surface area contributed by atoms with Crippen LogP contribution in [0.4, 0.5) is 5.69 Å². The van der Waals surface area contributed by atoms with Crippen LogP contribution < -0.4 is 21.1 Å². The summed E-state index contributed by atoms with van der Waals surface area (Å²) in [6.07, 6.45) is 0.917. The Bertz CT molecular complexity index is 1380. The summed E-state index contributed by atoms with van der Waals surface area (Å²) in [6, 6.07) is 10.0. The van der Waals surface area contributed by atoms with Gasteiger partial charge in [0.25, 0.3) is 5.91 Å². The number of amides is 1. The van der Waals surface area contributed by atoms with Gasteiger partial charge >= 0.3 is 8.80 Å². The van der Waals surface area contributed by atoms with Crippen molar-refractivity contribution in [1.29, 1.82) is 5.26 Å². The summed E-state index contributed by atoms with van der Waals surface area (Å²) in [7, 11) is -3.37. The molecule has 0 unspecified atom stereocenters. The minimum atomic E-state index is -3.37. The van der Waals surface area contributed by atoms with Gasteiger partial charge in [-0.15, -0.1) is 0 Å². The average Bonchev–Trinajstić information content (AvgIpc) is 3.28. The van der Waals surface area contributed by atoms with Gasteiger partial charge in [0.1, 0.15) is 11.6 Å². The van der Waals surface area contributed by atoms with E-state index in [0.717, 1.165) is 38.2 Å². The SMILES string of the molecule is CCCN=c1cc([Si](OCC)(OCC)OCC)c2c3c(c4cccc1c4=2)NC(=O)C=3C#N. The Morgan fingerprint density at radius 2 is 1.66 bits per heavy atom. The Morgan fingerprint density at radius 1 is 1.00 bits per heavy atom. The van der Waals surface area contributed by atoms with Gasteiger partial charge in [-0.1, -0.05) is 25.1 Å². The molecule has 1 aromatic rings. The predicted octanol–water partition coefficient (Wildman–Crippen LogP) is 1.91. The highest BCUT2D eigenvalue weighted by Crippen LogP contribution is 2.26. The highest BCUT2D eigenvalue weighted by molar-refractivity contribution is 6.75. The number of rotatable bonds is 9. The molecule has 3 aliphatic rings. The second kappa shape index (κ2) is 8.96. The van der Waals surface area contributed by atoms with Gasteiger partial charge in [-0.2, -0.15) is 5.26 Å². The lowest BCUT2D eigenvalue weighted by molar-refractivity contribution is -0.110. The van der Waals surface area contributed by atoms with Crippen LogP contribution in [0.5, 0.6) is 0 Å². The topological polar surface area (TPSA) is 92.9 Å². The molecule has 1 heterocycles. The number of hydrogen-bond donors (Lipinski definition) is 1. The molecule has 4 rings (SSSR count). The third kappa shape index (κ3) is 3.29. The van der Waals surface area contributed by atoms with Crippen molar-refractivity contribution in [2.45, 2.75) is 34.1 Å². The molecule has 1 aliphatic heterocycles. The number of nitrogens with zero attached hydrogens (tertiary/aromatic N) is 2. The maximum atomic E-state index is 12.6. The van der Waals surface area contributed by atoms with Crippen LogP contribution in [0.1, 0.15) is 34.1 Å². The van der Waals surface area contributed by atoms with E-state index in [2.05, 4.69) is 18.3 Å². The smallest absolute Gasteiger partial charge is 0.370 e. The minimum absolute atomic E-state index is 0.101. The van der Waals surface area contributed by atoms with Crippen LogP contribution >= 0.6 is 0 Å². The number of nitriles is 1. The van der Waals surface area contributed by atoms with Crippen LogP contribution in [0.2, 0.25) is 0 Å². The van der Waals surface area contributed by atoms with Crippen molar-refractivity contribution >= 4 is 41.9 Å². The van der Waals surface area contributed by atoms with Gasteiger partial charge in [0, 0.05) is 58.0 Å². The molecule has 0 bridgehead atoms. The number of carbonyl (C=O) groups excluding carboxylic acids is 1. The molecule has 0 radical (unpaired) electrons. The first kappa shape index (κ1) is 22.4. The van der Waals surface area contributed by atoms with Gasteiger partial charge in [0.05, 0.1) is 11.0 Å². The normalized spacial score (nSPS) is 14.4. The largest absolute Gasteiger partial charge is 0.537 e. The van der Waals surface area contributed by atoms with Crippen molar-refractivity contribution in [3.05, 3.63) is 45.3 Å². The fourth-order valence-electron chi connectivity index (χ4n) is 4.49. The second-order valence-electron chi connectivity index (χ2n) is 7.47. The Balaban J connectivity index is 2.32. The van der Waals surface area contributed by atoms with Crippen molar-refractivity contribution < 1.29 is 18.1 Å². The van der Waals surface area contributed by atoms with Crippen LogP contribution in [-0.2, 0) is 18.1 Å². The minimum Gasteiger partial charge on any atom is -0.370 e. The molecule has 1 N–H and O–H groups in total. The zero-order valence-corrected chi connectivity index (χ0v) is 19.9. The Labute approximate surface area is 187 Å². The molecule has 8 heteroatoms. The number of benzene rings is 1. The molecule has 2 aliphatic carbocycles. The van der Waals surface area contributed by atoms with Crippen LogP contribution in [0.15, 0.2) is 29.3 Å². The van der Waals surface area contributed by atoms with Crippen molar-refractivity contribution in [1.82, 2.24) is 0 Å². The predicted molar refractivity (Wildman–Crippen MR) is 124 cm³/mol. The van der Waals surface area contributed by atoms with E-state index in [4.69, 9.17) is 18.3 Å². The van der Waals surface area contributed by atoms with Gasteiger partial charge in [0.2, 0.25) is 0 Å². The second-order valence-corrected chi connectivity index (χ2v) is 9.99. The summed E-state index contributed by atoms with van der Waals surface area (Å²) in [6.45, 7) is 9.72. The molecule has 0 spiro atoms. The average molecular weight is 450 g/mol. The Hall–Kier alpha value is -2.83. The Kier molecular flexibility index (Phi) is 6.26. The van der Waals surface area contributed by atoms with E-state index in [-0.39, 0.29) is 11.5 Å². The van der Waals surface area contributed by atoms with E-state index in [1.54, 1.807) is 0 Å². The summed E-state index contributed by atoms with van der Waals surface area (Å²) in [5.41, 5.74) is 0.762. The number of carbonyl (C=O) groups is 1. The maximum absolute atomic E-state index is 12.6. The van der Waals surface area contributed by atoms with Crippen LogP contribution in [0.25, 0.3) is 16.3 Å². The number of hydrogen-bond acceptors (Lipinski definition) is 6. The fraction of sp³-hybridized carbons (Fsp3) is 0.375. The molecule has 0 atom stereocenters. The molecule has 7 nitrogen and oxygen atoms in total. The summed E-state index contributed by atoms with van der Waals surface area (Å²) < 4.78 is 18.7. The van der Waals surface area contributed by atoms with Crippen molar-refractivity contribution in [2.24, 2.45) is 4.99 Å². The number of fused-ring (bicyclic) bond motifs is 3. The van der Waals surface area contributed by atoms with Crippen molar-refractivity contribution in [3.63, 3.8) is 0 Å². The van der Waals surface area contributed by atoms with E-state index in [9.17, 15) is 10.1 Å². The summed E-state index contributed by atoms with van der Waals surface area (Å²) in [4.78, 5) is 17.4. The fourth-order valence-corrected chi connectivity index (χ4v) is 7.22. The molecule has 1 aromatic carbocycles. The zero-order chi connectivity index (χ0) is 22.9. The van der Waals surface area contributed by atoms with Crippen LogP contribution in [0.3, 0.4) is 0 Å². The first-order valence-electron chi connectivity index (χ1n) is 11.1. The molecule has 166 valence electrons. The Morgan fingerprint density at radius 3 is 2.25 bits per heavy atom. The van der Waals surface area contributed by atoms with Gasteiger partial charge < -0.3 is 18.6 Å². The molecule has 0 aromatic heterocycles. The number of anilines is 1. The molecule has 1 amide bonds. The van der Waals surface area contributed by atoms with Crippen LogP contribution in [0, 0.1) is 21.8 Å². The first-order chi connectivity index (χ1) is 15.6. The van der Waals surface area contributed by atoms with Crippen molar-refractivity contribution in [2.75, 3.05) is 31.7 Å². The third-order valence-electron chi connectivity index (χ3n) is 5.58. The molecule has 0 saturated carbocycles. The zero-order valence-electron chi connectivity index (χ0n) is 18.9. The summed E-state index contributed by atoms with van der Waals surface area (Å²) >= 11 is 0. The first-order valence-corrected chi connectivity index (χ1v) is 12.8. The van der Waals surface area contributed by atoms with Gasteiger partial charge in [-0.25, -0.2) is 0 Å². The monoisotopic (exact) mass is 449 g/mol. The van der Waals surface area contributed by atoms with Crippen molar-refractivity contribution in [3.8, 4) is 6.07 Å². The highest BCUT2D eigenvalue weighted by Gasteiger charge is 2.45. The lowest BCUT2D eigenvalue weighted by atomic mass is 10.1. The highest BCUT2D eigenvalue weighted by atomic mass is 28.4. The van der Waals surface area contributed by atoms with E-state index < -0.39 is 8.80 Å². The van der Waals surface area contributed by atoms with E-state index >= 15 is 0 Å². The van der Waals surface area contributed by atoms with Gasteiger partial charge in [-0.3, -0.25) is 9.79 Å². The number of nitrogens with one attached hydrogen (secondary N) is 1. The molecular formula is C24H27N3O4Si. The van der Waals surface area contributed by atoms with Gasteiger partial charge in [-0.05, 0) is 33.3 Å².